The number of carbonyl (C=O) groups is 1. The summed E-state index contributed by atoms with van der Waals surface area (Å²) >= 11 is 7.31. The van der Waals surface area contributed by atoms with E-state index in [9.17, 15) is 4.79 Å². The summed E-state index contributed by atoms with van der Waals surface area (Å²) in [5, 5.41) is 3.37. The minimum Gasteiger partial charge on any atom is -0.380 e. The van der Waals surface area contributed by atoms with Crippen LogP contribution in [0.25, 0.3) is 0 Å². The van der Waals surface area contributed by atoms with Crippen LogP contribution in [0.4, 0.5) is 11.4 Å². The lowest BCUT2D eigenvalue weighted by Crippen LogP contribution is -2.35. The molecule has 0 saturated carbocycles. The highest BCUT2D eigenvalue weighted by molar-refractivity contribution is 7.15. The molecule has 4 nitrogen and oxygen atoms in total. The Bertz CT molecular complexity index is 726. The van der Waals surface area contributed by atoms with E-state index in [1.54, 1.807) is 6.20 Å². The average molecular weight is 336 g/mol. The second-order valence-electron chi connectivity index (χ2n) is 5.84. The molecule has 22 heavy (non-hydrogen) atoms. The van der Waals surface area contributed by atoms with Crippen LogP contribution in [0.1, 0.15) is 31.2 Å². The van der Waals surface area contributed by atoms with E-state index in [4.69, 9.17) is 11.6 Å². The number of likely N-dealkylation sites (N-methyl/N-ethyl adjacent to an activating group) is 1. The molecule has 1 aliphatic rings. The lowest BCUT2D eigenvalue weighted by Gasteiger charge is -2.18. The lowest BCUT2D eigenvalue weighted by molar-refractivity contribution is -0.122. The first-order valence-corrected chi connectivity index (χ1v) is 8.43. The van der Waals surface area contributed by atoms with Crippen LogP contribution >= 0.6 is 22.9 Å². The SMILES string of the molecule is CCN1C(=O)C(C)(C)c2cc(NCc3cnc(Cl)s3)ccc21. The van der Waals surface area contributed by atoms with Gasteiger partial charge in [0.1, 0.15) is 0 Å². The Balaban J connectivity index is 1.85. The first-order chi connectivity index (χ1) is 10.4. The number of amides is 1. The van der Waals surface area contributed by atoms with Crippen molar-refractivity contribution in [3.63, 3.8) is 0 Å². The molecule has 1 aromatic carbocycles. The molecule has 0 aliphatic carbocycles. The van der Waals surface area contributed by atoms with E-state index in [2.05, 4.69) is 16.4 Å². The van der Waals surface area contributed by atoms with Crippen molar-refractivity contribution in [2.24, 2.45) is 0 Å². The zero-order chi connectivity index (χ0) is 15.9. The second-order valence-corrected chi connectivity index (χ2v) is 7.54. The molecule has 6 heteroatoms. The van der Waals surface area contributed by atoms with Gasteiger partial charge in [0, 0.05) is 29.0 Å². The van der Waals surface area contributed by atoms with Gasteiger partial charge >= 0.3 is 0 Å². The molecule has 0 bridgehead atoms. The Kier molecular flexibility index (Phi) is 3.87. The van der Waals surface area contributed by atoms with Crippen molar-refractivity contribution in [1.29, 1.82) is 0 Å². The number of carbonyl (C=O) groups excluding carboxylic acids is 1. The summed E-state index contributed by atoms with van der Waals surface area (Å²) in [6.45, 7) is 7.34. The number of anilines is 2. The fourth-order valence-corrected chi connectivity index (χ4v) is 3.73. The first kappa shape index (κ1) is 15.3. The number of halogens is 1. The smallest absolute Gasteiger partial charge is 0.237 e. The molecule has 1 aromatic heterocycles. The summed E-state index contributed by atoms with van der Waals surface area (Å²) in [5.41, 5.74) is 2.62. The van der Waals surface area contributed by atoms with Crippen LogP contribution in [0.2, 0.25) is 4.47 Å². The maximum absolute atomic E-state index is 12.5. The van der Waals surface area contributed by atoms with Crippen molar-refractivity contribution in [3.05, 3.63) is 39.3 Å². The quantitative estimate of drug-likeness (QED) is 0.916. The van der Waals surface area contributed by atoms with E-state index in [0.717, 1.165) is 21.8 Å². The number of nitrogens with zero attached hydrogens (tertiary/aromatic N) is 2. The average Bonchev–Trinajstić information content (AvgIpc) is 2.98. The minimum atomic E-state index is -0.475. The molecule has 0 saturated heterocycles. The van der Waals surface area contributed by atoms with E-state index < -0.39 is 5.41 Å². The molecule has 0 atom stereocenters. The molecule has 1 N–H and O–H groups in total. The van der Waals surface area contributed by atoms with Gasteiger partial charge in [-0.15, -0.1) is 11.3 Å². The Labute approximate surface area is 139 Å². The van der Waals surface area contributed by atoms with E-state index in [0.29, 0.717) is 17.6 Å². The van der Waals surface area contributed by atoms with Crippen LogP contribution in [-0.2, 0) is 16.8 Å². The van der Waals surface area contributed by atoms with Gasteiger partial charge in [-0.2, -0.15) is 0 Å². The standard InChI is InChI=1S/C16H18ClN3OS/c1-4-20-13-6-5-10(7-12(13)16(2,3)14(20)21)18-8-11-9-19-15(17)22-11/h5-7,9,18H,4,8H2,1-3H3. The van der Waals surface area contributed by atoms with Gasteiger partial charge in [-0.1, -0.05) is 11.6 Å². The Morgan fingerprint density at radius 1 is 1.41 bits per heavy atom. The highest BCUT2D eigenvalue weighted by atomic mass is 35.5. The molecule has 0 unspecified atom stereocenters. The van der Waals surface area contributed by atoms with Gasteiger partial charge in [-0.3, -0.25) is 4.79 Å². The molecule has 2 aromatic rings. The Morgan fingerprint density at radius 2 is 2.18 bits per heavy atom. The lowest BCUT2D eigenvalue weighted by atomic mass is 9.86. The van der Waals surface area contributed by atoms with E-state index in [1.165, 1.54) is 11.3 Å². The van der Waals surface area contributed by atoms with Crippen molar-refractivity contribution in [2.75, 3.05) is 16.8 Å². The minimum absolute atomic E-state index is 0.163. The predicted molar refractivity (Wildman–Crippen MR) is 91.9 cm³/mol. The number of aromatic nitrogens is 1. The maximum atomic E-state index is 12.5. The molecule has 116 valence electrons. The fourth-order valence-electron chi connectivity index (χ4n) is 2.81. The van der Waals surface area contributed by atoms with Gasteiger partial charge in [0.15, 0.2) is 4.47 Å². The molecule has 1 aliphatic heterocycles. The van der Waals surface area contributed by atoms with Crippen molar-refractivity contribution < 1.29 is 4.79 Å². The number of benzene rings is 1. The van der Waals surface area contributed by atoms with Crippen LogP contribution in [0.15, 0.2) is 24.4 Å². The van der Waals surface area contributed by atoms with Crippen LogP contribution in [0, 0.1) is 0 Å². The van der Waals surface area contributed by atoms with Crippen LogP contribution in [0.5, 0.6) is 0 Å². The first-order valence-electron chi connectivity index (χ1n) is 7.24. The molecular formula is C16H18ClN3OS. The monoisotopic (exact) mass is 335 g/mol. The summed E-state index contributed by atoms with van der Waals surface area (Å²) in [6.07, 6.45) is 1.78. The van der Waals surface area contributed by atoms with Gasteiger partial charge in [-0.25, -0.2) is 4.98 Å². The van der Waals surface area contributed by atoms with Gasteiger partial charge < -0.3 is 10.2 Å². The molecule has 1 amide bonds. The van der Waals surface area contributed by atoms with Gasteiger partial charge in [-0.05, 0) is 44.5 Å². The molecule has 0 fully saturated rings. The summed E-state index contributed by atoms with van der Waals surface area (Å²) in [4.78, 5) is 19.5. The van der Waals surface area contributed by atoms with Crippen molar-refractivity contribution >= 4 is 40.2 Å². The third-order valence-electron chi connectivity index (χ3n) is 4.05. The highest BCUT2D eigenvalue weighted by Gasteiger charge is 2.43. The molecule has 3 rings (SSSR count). The largest absolute Gasteiger partial charge is 0.380 e. The molecule has 0 radical (unpaired) electrons. The van der Waals surface area contributed by atoms with Crippen molar-refractivity contribution in [1.82, 2.24) is 4.98 Å². The van der Waals surface area contributed by atoms with Crippen molar-refractivity contribution in [3.8, 4) is 0 Å². The van der Waals surface area contributed by atoms with Gasteiger partial charge in [0.25, 0.3) is 0 Å². The summed E-state index contributed by atoms with van der Waals surface area (Å²) < 4.78 is 0.552. The number of hydrogen-bond acceptors (Lipinski definition) is 4. The fraction of sp³-hybridized carbons (Fsp3) is 0.375. The topological polar surface area (TPSA) is 45.2 Å². The summed E-state index contributed by atoms with van der Waals surface area (Å²) in [5.74, 6) is 0.163. The molecule has 2 heterocycles. The second kappa shape index (κ2) is 5.56. The van der Waals surface area contributed by atoms with E-state index >= 15 is 0 Å². The zero-order valence-corrected chi connectivity index (χ0v) is 14.4. The third-order valence-corrected chi connectivity index (χ3v) is 5.16. The summed E-state index contributed by atoms with van der Waals surface area (Å²) in [6, 6.07) is 6.11. The normalized spacial score (nSPS) is 16.0. The number of nitrogens with one attached hydrogen (secondary N) is 1. The van der Waals surface area contributed by atoms with E-state index in [1.807, 2.05) is 37.8 Å². The number of fused-ring (bicyclic) bond motifs is 1. The molecule has 0 spiro atoms. The predicted octanol–water partition coefficient (Wildman–Crippen LogP) is 4.05. The summed E-state index contributed by atoms with van der Waals surface area (Å²) in [7, 11) is 0. The Morgan fingerprint density at radius 3 is 2.82 bits per heavy atom. The van der Waals surface area contributed by atoms with E-state index in [-0.39, 0.29) is 5.91 Å². The zero-order valence-electron chi connectivity index (χ0n) is 12.8. The maximum Gasteiger partial charge on any atom is 0.237 e. The van der Waals surface area contributed by atoms with Crippen LogP contribution < -0.4 is 10.2 Å². The number of thiazole rings is 1. The molecular weight excluding hydrogens is 318 g/mol. The third kappa shape index (κ3) is 2.48. The number of rotatable bonds is 4. The van der Waals surface area contributed by atoms with Crippen LogP contribution in [-0.4, -0.2) is 17.4 Å². The van der Waals surface area contributed by atoms with Crippen LogP contribution in [0.3, 0.4) is 0 Å². The number of hydrogen-bond donors (Lipinski definition) is 1. The van der Waals surface area contributed by atoms with Gasteiger partial charge in [0.05, 0.1) is 12.0 Å². The van der Waals surface area contributed by atoms with Crippen molar-refractivity contribution in [2.45, 2.75) is 32.7 Å². The Hall–Kier alpha value is -1.59. The highest BCUT2D eigenvalue weighted by Crippen LogP contribution is 2.42. The van der Waals surface area contributed by atoms with Gasteiger partial charge in [0.2, 0.25) is 5.91 Å².